The van der Waals surface area contributed by atoms with Crippen molar-refractivity contribution in [3.63, 3.8) is 0 Å². The third-order valence-corrected chi connectivity index (χ3v) is 6.08. The Labute approximate surface area is 183 Å². The van der Waals surface area contributed by atoms with Gasteiger partial charge >= 0.3 is 6.03 Å². The molecular formula is C26H29N3O2. The molecule has 5 nitrogen and oxygen atoms in total. The van der Waals surface area contributed by atoms with Gasteiger partial charge in [-0.1, -0.05) is 74.5 Å². The topological polar surface area (TPSA) is 52.6 Å². The van der Waals surface area contributed by atoms with E-state index in [1.807, 2.05) is 54.4 Å². The number of carbonyl (C=O) groups excluding carboxylic acids is 2. The number of rotatable bonds is 6. The summed E-state index contributed by atoms with van der Waals surface area (Å²) in [6.45, 7) is 7.01. The van der Waals surface area contributed by atoms with Crippen LogP contribution in [0.5, 0.6) is 0 Å². The van der Waals surface area contributed by atoms with Crippen molar-refractivity contribution in [2.45, 2.75) is 38.8 Å². The van der Waals surface area contributed by atoms with Gasteiger partial charge in [0.2, 0.25) is 0 Å². The van der Waals surface area contributed by atoms with E-state index in [0.29, 0.717) is 12.5 Å². The lowest BCUT2D eigenvalue weighted by molar-refractivity contribution is -0.132. The Morgan fingerprint density at radius 1 is 0.968 bits per heavy atom. The van der Waals surface area contributed by atoms with Crippen molar-refractivity contribution in [3.05, 3.63) is 83.4 Å². The Bertz CT molecular complexity index is 1120. The second kappa shape index (κ2) is 8.16. The minimum absolute atomic E-state index is 0.227. The number of nitrogens with one attached hydrogen (secondary N) is 1. The fraction of sp³-hybridized carbons (Fsp3) is 0.308. The molecule has 0 radical (unpaired) electrons. The second-order valence-electron chi connectivity index (χ2n) is 8.90. The van der Waals surface area contributed by atoms with Crippen LogP contribution in [0.1, 0.15) is 43.4 Å². The fourth-order valence-corrected chi connectivity index (χ4v) is 4.13. The van der Waals surface area contributed by atoms with Crippen LogP contribution in [0.25, 0.3) is 10.8 Å². The number of hydrogen-bond donors (Lipinski definition) is 1. The van der Waals surface area contributed by atoms with E-state index in [2.05, 4.69) is 43.4 Å². The first-order valence-electron chi connectivity index (χ1n) is 10.7. The maximum Gasteiger partial charge on any atom is 0.326 e. The standard InChI is InChI=1S/C26H29N3O2/c1-18(2)20-11-9-19(10-12-20)16-28(4)17-29-24(30)26(3,27-25(29)31)23-14-13-21-7-5-6-8-22(21)15-23/h5-15,18H,16-17H2,1-4H3,(H,27,31)/t26-/m1/s1. The van der Waals surface area contributed by atoms with E-state index in [1.54, 1.807) is 6.92 Å². The molecule has 0 saturated carbocycles. The first-order valence-corrected chi connectivity index (χ1v) is 10.7. The highest BCUT2D eigenvalue weighted by molar-refractivity contribution is 6.07. The van der Waals surface area contributed by atoms with Crippen LogP contribution in [0.4, 0.5) is 4.79 Å². The fourth-order valence-electron chi connectivity index (χ4n) is 4.13. The Balaban J connectivity index is 1.49. The van der Waals surface area contributed by atoms with E-state index >= 15 is 0 Å². The molecule has 0 aromatic heterocycles. The molecule has 1 heterocycles. The molecule has 31 heavy (non-hydrogen) atoms. The predicted molar refractivity (Wildman–Crippen MR) is 124 cm³/mol. The van der Waals surface area contributed by atoms with Crippen molar-refractivity contribution in [2.75, 3.05) is 13.7 Å². The summed E-state index contributed by atoms with van der Waals surface area (Å²) in [5, 5.41) is 5.06. The molecule has 0 unspecified atom stereocenters. The lowest BCUT2D eigenvalue weighted by atomic mass is 9.90. The minimum atomic E-state index is -1.07. The van der Waals surface area contributed by atoms with Gasteiger partial charge in [-0.25, -0.2) is 9.69 Å². The van der Waals surface area contributed by atoms with E-state index in [1.165, 1.54) is 10.5 Å². The van der Waals surface area contributed by atoms with Gasteiger partial charge in [-0.05, 0) is 53.4 Å². The molecular weight excluding hydrogens is 386 g/mol. The van der Waals surface area contributed by atoms with Crippen molar-refractivity contribution in [1.82, 2.24) is 15.1 Å². The summed E-state index contributed by atoms with van der Waals surface area (Å²) in [7, 11) is 1.92. The highest BCUT2D eigenvalue weighted by atomic mass is 16.2. The van der Waals surface area contributed by atoms with Crippen molar-refractivity contribution in [3.8, 4) is 0 Å². The first-order chi connectivity index (χ1) is 14.8. The van der Waals surface area contributed by atoms with Gasteiger partial charge in [0.05, 0.1) is 6.67 Å². The van der Waals surface area contributed by atoms with E-state index in [0.717, 1.165) is 21.9 Å². The van der Waals surface area contributed by atoms with Crippen LogP contribution >= 0.6 is 0 Å². The number of fused-ring (bicyclic) bond motifs is 1. The van der Waals surface area contributed by atoms with Crippen LogP contribution < -0.4 is 5.32 Å². The molecule has 1 saturated heterocycles. The Hall–Kier alpha value is -3.18. The van der Waals surface area contributed by atoms with Crippen LogP contribution in [0.2, 0.25) is 0 Å². The molecule has 1 atom stereocenters. The average Bonchev–Trinajstić information content (AvgIpc) is 2.97. The van der Waals surface area contributed by atoms with E-state index < -0.39 is 5.54 Å². The molecule has 0 aliphatic carbocycles. The molecule has 1 aliphatic heterocycles. The summed E-state index contributed by atoms with van der Waals surface area (Å²) in [5.41, 5.74) is 2.17. The Morgan fingerprint density at radius 2 is 1.65 bits per heavy atom. The SMILES string of the molecule is CC(C)c1ccc(CN(C)CN2C(=O)N[C@](C)(c3ccc4ccccc4c3)C2=O)cc1. The summed E-state index contributed by atoms with van der Waals surface area (Å²) >= 11 is 0. The van der Waals surface area contributed by atoms with Gasteiger partial charge in [0.15, 0.2) is 0 Å². The van der Waals surface area contributed by atoms with E-state index in [9.17, 15) is 9.59 Å². The smallest absolute Gasteiger partial charge is 0.319 e. The lowest BCUT2D eigenvalue weighted by Crippen LogP contribution is -2.42. The third-order valence-electron chi connectivity index (χ3n) is 6.08. The molecule has 3 amide bonds. The largest absolute Gasteiger partial charge is 0.326 e. The molecule has 5 heteroatoms. The minimum Gasteiger partial charge on any atom is -0.319 e. The van der Waals surface area contributed by atoms with Crippen LogP contribution in [-0.4, -0.2) is 35.5 Å². The summed E-state index contributed by atoms with van der Waals surface area (Å²) in [4.78, 5) is 29.3. The van der Waals surface area contributed by atoms with Crippen molar-refractivity contribution < 1.29 is 9.59 Å². The third kappa shape index (κ3) is 4.06. The molecule has 1 aliphatic rings. The monoisotopic (exact) mass is 415 g/mol. The number of urea groups is 1. The number of hydrogen-bond acceptors (Lipinski definition) is 3. The van der Waals surface area contributed by atoms with Crippen LogP contribution in [0, 0.1) is 0 Å². The van der Waals surface area contributed by atoms with Crippen LogP contribution in [0.3, 0.4) is 0 Å². The molecule has 1 N–H and O–H groups in total. The highest BCUT2D eigenvalue weighted by Gasteiger charge is 2.49. The summed E-state index contributed by atoms with van der Waals surface area (Å²) in [5.74, 6) is 0.264. The summed E-state index contributed by atoms with van der Waals surface area (Å²) < 4.78 is 0. The number of imide groups is 1. The molecule has 0 bridgehead atoms. The number of nitrogens with zero attached hydrogens (tertiary/aromatic N) is 2. The van der Waals surface area contributed by atoms with E-state index in [4.69, 9.17) is 0 Å². The van der Waals surface area contributed by atoms with Gasteiger partial charge in [-0.15, -0.1) is 0 Å². The zero-order valence-electron chi connectivity index (χ0n) is 18.6. The van der Waals surface area contributed by atoms with Crippen LogP contribution in [0.15, 0.2) is 66.7 Å². The number of amides is 3. The zero-order chi connectivity index (χ0) is 22.2. The number of benzene rings is 3. The molecule has 3 aromatic rings. The van der Waals surface area contributed by atoms with Gasteiger partial charge in [0, 0.05) is 6.54 Å². The normalized spacial score (nSPS) is 19.0. The quantitative estimate of drug-likeness (QED) is 0.587. The molecule has 0 spiro atoms. The Kier molecular flexibility index (Phi) is 5.54. The number of carbonyl (C=O) groups is 2. The molecule has 160 valence electrons. The van der Waals surface area contributed by atoms with Crippen molar-refractivity contribution in [2.24, 2.45) is 0 Å². The van der Waals surface area contributed by atoms with E-state index in [-0.39, 0.29) is 18.6 Å². The maximum atomic E-state index is 13.3. The van der Waals surface area contributed by atoms with Crippen molar-refractivity contribution in [1.29, 1.82) is 0 Å². The van der Waals surface area contributed by atoms with Gasteiger partial charge in [0.1, 0.15) is 5.54 Å². The molecule has 4 rings (SSSR count). The average molecular weight is 416 g/mol. The van der Waals surface area contributed by atoms with Gasteiger partial charge in [0.25, 0.3) is 5.91 Å². The summed E-state index contributed by atoms with van der Waals surface area (Å²) in [6.07, 6.45) is 0. The molecule has 1 fully saturated rings. The first kappa shape index (κ1) is 21.1. The predicted octanol–water partition coefficient (Wildman–Crippen LogP) is 4.82. The Morgan fingerprint density at radius 3 is 2.32 bits per heavy atom. The maximum absolute atomic E-state index is 13.3. The second-order valence-corrected chi connectivity index (χ2v) is 8.90. The lowest BCUT2D eigenvalue weighted by Gasteiger charge is -2.25. The highest BCUT2D eigenvalue weighted by Crippen LogP contribution is 2.31. The summed E-state index contributed by atoms with van der Waals surface area (Å²) in [6, 6.07) is 22.0. The zero-order valence-corrected chi connectivity index (χ0v) is 18.6. The van der Waals surface area contributed by atoms with Crippen LogP contribution in [-0.2, 0) is 16.9 Å². The van der Waals surface area contributed by atoms with Gasteiger partial charge in [-0.3, -0.25) is 9.69 Å². The van der Waals surface area contributed by atoms with Gasteiger partial charge in [-0.2, -0.15) is 0 Å². The van der Waals surface area contributed by atoms with Crippen molar-refractivity contribution >= 4 is 22.7 Å². The molecule has 3 aromatic carbocycles. The van der Waals surface area contributed by atoms with Gasteiger partial charge < -0.3 is 5.32 Å².